The number of nitrogens with one attached hydrogen (secondary N) is 1. The van der Waals surface area contributed by atoms with Crippen LogP contribution >= 0.6 is 0 Å². The smallest absolute Gasteiger partial charge is 0.00949 e. The van der Waals surface area contributed by atoms with E-state index in [9.17, 15) is 0 Å². The number of hydrogen-bond acceptors (Lipinski definition) is 1. The lowest BCUT2D eigenvalue weighted by Gasteiger charge is -2.36. The molecule has 1 fully saturated rings. The van der Waals surface area contributed by atoms with Gasteiger partial charge in [-0.3, -0.25) is 0 Å². The Labute approximate surface area is 121 Å². The highest BCUT2D eigenvalue weighted by atomic mass is 14.9. The van der Waals surface area contributed by atoms with E-state index in [2.05, 4.69) is 47.0 Å². The highest BCUT2D eigenvalue weighted by molar-refractivity contribution is 4.83. The van der Waals surface area contributed by atoms with E-state index in [0.717, 1.165) is 23.8 Å². The van der Waals surface area contributed by atoms with E-state index in [1.807, 2.05) is 0 Å². The second-order valence-corrected chi connectivity index (χ2v) is 8.20. The molecule has 19 heavy (non-hydrogen) atoms. The zero-order valence-corrected chi connectivity index (χ0v) is 14.3. The average molecular weight is 268 g/mol. The highest BCUT2D eigenvalue weighted by Crippen LogP contribution is 2.36. The van der Waals surface area contributed by atoms with E-state index in [0.29, 0.717) is 5.41 Å². The first-order valence-corrected chi connectivity index (χ1v) is 8.53. The molecule has 0 aliphatic heterocycles. The van der Waals surface area contributed by atoms with Crippen LogP contribution in [0.4, 0.5) is 0 Å². The van der Waals surface area contributed by atoms with Crippen molar-refractivity contribution in [1.29, 1.82) is 0 Å². The fraction of sp³-hybridized carbons (Fsp3) is 1.00. The van der Waals surface area contributed by atoms with Gasteiger partial charge in [0.25, 0.3) is 0 Å². The molecule has 114 valence electrons. The summed E-state index contributed by atoms with van der Waals surface area (Å²) in [6.45, 7) is 11.9. The van der Waals surface area contributed by atoms with Crippen LogP contribution in [-0.4, -0.2) is 13.1 Å². The lowest BCUT2D eigenvalue weighted by molar-refractivity contribution is 0.183. The van der Waals surface area contributed by atoms with Gasteiger partial charge in [-0.1, -0.05) is 53.9 Å². The fourth-order valence-corrected chi connectivity index (χ4v) is 4.18. The number of rotatable bonds is 6. The molecule has 1 aliphatic rings. The summed E-state index contributed by atoms with van der Waals surface area (Å²) in [5.41, 5.74) is 0.468. The molecule has 0 radical (unpaired) electrons. The Hall–Kier alpha value is -0.0400. The maximum Gasteiger partial charge on any atom is 0.00949 e. The Morgan fingerprint density at radius 3 is 2.42 bits per heavy atom. The van der Waals surface area contributed by atoms with Gasteiger partial charge in [-0.2, -0.15) is 0 Å². The van der Waals surface area contributed by atoms with Crippen molar-refractivity contribution >= 4 is 0 Å². The Morgan fingerprint density at radius 2 is 1.89 bits per heavy atom. The van der Waals surface area contributed by atoms with Gasteiger partial charge >= 0.3 is 0 Å². The van der Waals surface area contributed by atoms with Crippen molar-refractivity contribution in [2.75, 3.05) is 7.05 Å². The topological polar surface area (TPSA) is 12.0 Å². The van der Waals surface area contributed by atoms with Crippen molar-refractivity contribution < 1.29 is 0 Å². The molecule has 1 rings (SSSR count). The van der Waals surface area contributed by atoms with Crippen molar-refractivity contribution in [1.82, 2.24) is 5.32 Å². The Balaban J connectivity index is 2.48. The van der Waals surface area contributed by atoms with Gasteiger partial charge in [-0.25, -0.2) is 0 Å². The van der Waals surface area contributed by atoms with E-state index in [4.69, 9.17) is 0 Å². The molecule has 4 unspecified atom stereocenters. The minimum Gasteiger partial charge on any atom is -0.317 e. The highest BCUT2D eigenvalue weighted by Gasteiger charge is 2.28. The third kappa shape index (κ3) is 6.29. The van der Waals surface area contributed by atoms with Crippen LogP contribution in [0.25, 0.3) is 0 Å². The summed E-state index contributed by atoms with van der Waals surface area (Å²) < 4.78 is 0. The molecule has 1 heteroatoms. The normalized spacial score (nSPS) is 28.1. The van der Waals surface area contributed by atoms with E-state index in [1.54, 1.807) is 0 Å². The molecule has 1 aliphatic carbocycles. The quantitative estimate of drug-likeness (QED) is 0.693. The van der Waals surface area contributed by atoms with Gasteiger partial charge in [0.05, 0.1) is 0 Å². The third-order valence-electron chi connectivity index (χ3n) is 4.96. The molecule has 0 heterocycles. The molecule has 0 aromatic heterocycles. The zero-order chi connectivity index (χ0) is 14.5. The molecule has 0 saturated heterocycles. The molecular weight excluding hydrogens is 230 g/mol. The molecule has 0 aromatic carbocycles. The van der Waals surface area contributed by atoms with E-state index >= 15 is 0 Å². The monoisotopic (exact) mass is 267 g/mol. The predicted molar refractivity (Wildman–Crippen MR) is 86.4 cm³/mol. The van der Waals surface area contributed by atoms with Crippen LogP contribution in [-0.2, 0) is 0 Å². The molecule has 0 spiro atoms. The van der Waals surface area contributed by atoms with Crippen LogP contribution in [0, 0.1) is 23.2 Å². The predicted octanol–water partition coefficient (Wildman–Crippen LogP) is 5.25. The second kappa shape index (κ2) is 7.67. The molecule has 0 bridgehead atoms. The fourth-order valence-electron chi connectivity index (χ4n) is 4.18. The maximum absolute atomic E-state index is 3.63. The van der Waals surface area contributed by atoms with Crippen molar-refractivity contribution in [2.45, 2.75) is 85.6 Å². The number of hydrogen-bond donors (Lipinski definition) is 1. The Kier molecular flexibility index (Phi) is 6.86. The zero-order valence-electron chi connectivity index (χ0n) is 14.3. The summed E-state index contributed by atoms with van der Waals surface area (Å²) in [5.74, 6) is 2.75. The van der Waals surface area contributed by atoms with Gasteiger partial charge in [-0.05, 0) is 55.9 Å². The SMILES string of the molecule is CCC1CCCC(C(CC(C)CC(C)(C)C)NC)C1. The van der Waals surface area contributed by atoms with Crippen LogP contribution < -0.4 is 5.32 Å². The molecule has 1 N–H and O–H groups in total. The molecule has 1 nitrogen and oxygen atoms in total. The van der Waals surface area contributed by atoms with Crippen LogP contribution in [0.3, 0.4) is 0 Å². The summed E-state index contributed by atoms with van der Waals surface area (Å²) in [4.78, 5) is 0. The third-order valence-corrected chi connectivity index (χ3v) is 4.96. The van der Waals surface area contributed by atoms with Crippen molar-refractivity contribution in [2.24, 2.45) is 23.2 Å². The van der Waals surface area contributed by atoms with Gasteiger partial charge in [0.2, 0.25) is 0 Å². The van der Waals surface area contributed by atoms with E-state index in [1.165, 1.54) is 44.9 Å². The molecule has 1 saturated carbocycles. The largest absolute Gasteiger partial charge is 0.317 e. The minimum absolute atomic E-state index is 0.468. The van der Waals surface area contributed by atoms with E-state index in [-0.39, 0.29) is 0 Å². The second-order valence-electron chi connectivity index (χ2n) is 8.20. The maximum atomic E-state index is 3.63. The first kappa shape index (κ1) is 17.0. The van der Waals surface area contributed by atoms with Gasteiger partial charge in [0, 0.05) is 6.04 Å². The van der Waals surface area contributed by atoms with Gasteiger partial charge in [0.1, 0.15) is 0 Å². The average Bonchev–Trinajstić information content (AvgIpc) is 2.34. The first-order valence-electron chi connectivity index (χ1n) is 8.53. The Morgan fingerprint density at radius 1 is 1.21 bits per heavy atom. The summed E-state index contributed by atoms with van der Waals surface area (Å²) in [5, 5.41) is 3.63. The van der Waals surface area contributed by atoms with Crippen LogP contribution in [0.5, 0.6) is 0 Å². The molecule has 0 aromatic rings. The first-order chi connectivity index (χ1) is 8.85. The lowest BCUT2D eigenvalue weighted by Crippen LogP contribution is -2.38. The molecule has 4 atom stereocenters. The van der Waals surface area contributed by atoms with E-state index < -0.39 is 0 Å². The summed E-state index contributed by atoms with van der Waals surface area (Å²) >= 11 is 0. The molecular formula is C18H37N. The van der Waals surface area contributed by atoms with Crippen LogP contribution in [0.1, 0.15) is 79.6 Å². The minimum atomic E-state index is 0.468. The van der Waals surface area contributed by atoms with Crippen LogP contribution in [0.15, 0.2) is 0 Å². The van der Waals surface area contributed by atoms with Crippen molar-refractivity contribution in [3.63, 3.8) is 0 Å². The summed E-state index contributed by atoms with van der Waals surface area (Å²) in [6, 6.07) is 0.742. The Bertz CT molecular complexity index is 241. The lowest BCUT2D eigenvalue weighted by atomic mass is 9.73. The van der Waals surface area contributed by atoms with Gasteiger partial charge in [-0.15, -0.1) is 0 Å². The van der Waals surface area contributed by atoms with Crippen LogP contribution in [0.2, 0.25) is 0 Å². The molecule has 0 amide bonds. The van der Waals surface area contributed by atoms with Gasteiger partial charge in [0.15, 0.2) is 0 Å². The standard InChI is InChI=1S/C18H37N/c1-7-15-9-8-10-16(12-15)17(19-6)11-14(2)13-18(3,4)5/h14-17,19H,7-13H2,1-6H3. The summed E-state index contributed by atoms with van der Waals surface area (Å²) in [6.07, 6.45) is 9.92. The summed E-state index contributed by atoms with van der Waals surface area (Å²) in [7, 11) is 2.17. The van der Waals surface area contributed by atoms with Crippen molar-refractivity contribution in [3.8, 4) is 0 Å². The van der Waals surface area contributed by atoms with Gasteiger partial charge < -0.3 is 5.32 Å². The van der Waals surface area contributed by atoms with Crippen molar-refractivity contribution in [3.05, 3.63) is 0 Å².